The number of rotatable bonds is 4. The number of benzene rings is 2. The molecule has 3 rings (SSSR count). The van der Waals surface area contributed by atoms with Crippen LogP contribution in [-0.2, 0) is 0 Å². The van der Waals surface area contributed by atoms with Crippen LogP contribution < -0.4 is 5.56 Å². The third kappa shape index (κ3) is 3.40. The van der Waals surface area contributed by atoms with Crippen molar-refractivity contribution in [3.05, 3.63) is 85.8 Å². The van der Waals surface area contributed by atoms with Gasteiger partial charge in [-0.1, -0.05) is 12.1 Å². The number of nitrogens with one attached hydrogen (secondary N) is 1. The zero-order valence-electron chi connectivity index (χ0n) is 13.8. The Hall–Kier alpha value is -3.48. The molecule has 0 saturated heterocycles. The highest BCUT2D eigenvalue weighted by Gasteiger charge is 2.11. The number of nitro benzene ring substituents is 1. The van der Waals surface area contributed by atoms with Gasteiger partial charge in [0.2, 0.25) is 0 Å². The first-order valence-electron chi connectivity index (χ1n) is 7.63. The van der Waals surface area contributed by atoms with Crippen molar-refractivity contribution in [3.63, 3.8) is 0 Å². The summed E-state index contributed by atoms with van der Waals surface area (Å²) in [6, 6.07) is 13.4. The van der Waals surface area contributed by atoms with Crippen molar-refractivity contribution in [1.82, 2.24) is 9.78 Å². The van der Waals surface area contributed by atoms with Crippen LogP contribution in [0.4, 0.5) is 11.4 Å². The second-order valence-electron chi connectivity index (χ2n) is 5.66. The van der Waals surface area contributed by atoms with E-state index in [9.17, 15) is 14.9 Å². The van der Waals surface area contributed by atoms with Crippen molar-refractivity contribution in [2.75, 3.05) is 0 Å². The molecular weight excluding hydrogens is 320 g/mol. The maximum atomic E-state index is 12.6. The third-order valence-corrected chi connectivity index (χ3v) is 3.78. The maximum absolute atomic E-state index is 12.6. The Morgan fingerprint density at radius 3 is 2.52 bits per heavy atom. The Morgan fingerprint density at radius 1 is 1.16 bits per heavy atom. The molecule has 0 radical (unpaired) electrons. The van der Waals surface area contributed by atoms with Crippen LogP contribution in [0.2, 0.25) is 0 Å². The van der Waals surface area contributed by atoms with Crippen LogP contribution in [0.1, 0.15) is 16.8 Å². The quantitative estimate of drug-likeness (QED) is 0.449. The molecule has 7 nitrogen and oxygen atoms in total. The number of hydrogen-bond donors (Lipinski definition) is 1. The van der Waals surface area contributed by atoms with Gasteiger partial charge in [-0.05, 0) is 43.7 Å². The molecule has 0 bridgehead atoms. The fourth-order valence-electron chi connectivity index (χ4n) is 2.46. The van der Waals surface area contributed by atoms with Crippen LogP contribution in [0.15, 0.2) is 58.3 Å². The summed E-state index contributed by atoms with van der Waals surface area (Å²) in [6.45, 7) is 3.76. The molecule has 25 heavy (non-hydrogen) atoms. The first-order chi connectivity index (χ1) is 12.0. The Bertz CT molecular complexity index is 1010. The Labute approximate surface area is 143 Å². The van der Waals surface area contributed by atoms with Gasteiger partial charge >= 0.3 is 0 Å². The predicted octanol–water partition coefficient (Wildman–Crippen LogP) is 3.44. The normalized spacial score (nSPS) is 11.1. The Morgan fingerprint density at radius 2 is 1.88 bits per heavy atom. The van der Waals surface area contributed by atoms with E-state index in [4.69, 9.17) is 0 Å². The standard InChI is InChI=1S/C18H16N4O3/c1-12-4-3-5-16(10-12)21-18(23)17(13(2)20-21)11-19-14-6-8-15(9-7-14)22(24)25/h3-11,20H,1-2H3. The number of nitro groups is 1. The zero-order chi connectivity index (χ0) is 18.0. The van der Waals surface area contributed by atoms with Crippen molar-refractivity contribution in [2.24, 2.45) is 4.99 Å². The molecule has 0 aliphatic carbocycles. The van der Waals surface area contributed by atoms with Gasteiger partial charge in [0.25, 0.3) is 11.2 Å². The molecule has 1 N–H and O–H groups in total. The molecule has 0 saturated carbocycles. The van der Waals surface area contributed by atoms with Gasteiger partial charge in [-0.25, -0.2) is 4.68 Å². The SMILES string of the molecule is Cc1cccc(-n2[nH]c(C)c(C=Nc3ccc([N+](=O)[O-])cc3)c2=O)c1. The highest BCUT2D eigenvalue weighted by atomic mass is 16.6. The fourth-order valence-corrected chi connectivity index (χ4v) is 2.46. The lowest BCUT2D eigenvalue weighted by molar-refractivity contribution is -0.384. The molecule has 1 aromatic heterocycles. The minimum absolute atomic E-state index is 0.00132. The average molecular weight is 336 g/mol. The molecular formula is C18H16N4O3. The number of aryl methyl sites for hydroxylation is 2. The number of H-pyrrole nitrogens is 1. The average Bonchev–Trinajstić information content (AvgIpc) is 2.88. The van der Waals surface area contributed by atoms with Crippen LogP contribution in [0.3, 0.4) is 0 Å². The molecule has 0 atom stereocenters. The van der Waals surface area contributed by atoms with Crippen molar-refractivity contribution in [3.8, 4) is 5.69 Å². The molecule has 1 heterocycles. The van der Waals surface area contributed by atoms with Crippen molar-refractivity contribution in [1.29, 1.82) is 0 Å². The second-order valence-corrected chi connectivity index (χ2v) is 5.66. The minimum atomic E-state index is -0.468. The topological polar surface area (TPSA) is 93.3 Å². The van der Waals surface area contributed by atoms with E-state index in [0.717, 1.165) is 11.3 Å². The Kier molecular flexibility index (Phi) is 4.30. The molecule has 0 amide bonds. The highest BCUT2D eigenvalue weighted by molar-refractivity contribution is 5.83. The zero-order valence-corrected chi connectivity index (χ0v) is 13.8. The highest BCUT2D eigenvalue weighted by Crippen LogP contribution is 2.18. The maximum Gasteiger partial charge on any atom is 0.280 e. The molecule has 126 valence electrons. The van der Waals surface area contributed by atoms with Gasteiger partial charge in [0.1, 0.15) is 0 Å². The van der Waals surface area contributed by atoms with Gasteiger partial charge in [0.05, 0.1) is 21.9 Å². The first-order valence-corrected chi connectivity index (χ1v) is 7.63. The number of aliphatic imine (C=N–C) groups is 1. The summed E-state index contributed by atoms with van der Waals surface area (Å²) in [5.74, 6) is 0. The van der Waals surface area contributed by atoms with Gasteiger partial charge in [-0.15, -0.1) is 0 Å². The van der Waals surface area contributed by atoms with Gasteiger partial charge in [0.15, 0.2) is 0 Å². The van der Waals surface area contributed by atoms with E-state index in [1.807, 2.05) is 31.2 Å². The number of hydrogen-bond acceptors (Lipinski definition) is 4. The third-order valence-electron chi connectivity index (χ3n) is 3.78. The summed E-state index contributed by atoms with van der Waals surface area (Å²) < 4.78 is 1.47. The molecule has 0 spiro atoms. The van der Waals surface area contributed by atoms with Crippen molar-refractivity contribution in [2.45, 2.75) is 13.8 Å². The molecule has 3 aromatic rings. The lowest BCUT2D eigenvalue weighted by Crippen LogP contribution is -2.17. The lowest BCUT2D eigenvalue weighted by Gasteiger charge is -2.02. The van der Waals surface area contributed by atoms with Crippen LogP contribution in [0.25, 0.3) is 5.69 Å². The smallest absolute Gasteiger partial charge is 0.280 e. The van der Waals surface area contributed by atoms with E-state index in [0.29, 0.717) is 16.9 Å². The Balaban J connectivity index is 1.93. The fraction of sp³-hybridized carbons (Fsp3) is 0.111. The summed E-state index contributed by atoms with van der Waals surface area (Å²) in [5.41, 5.74) is 3.28. The second kappa shape index (κ2) is 6.56. The monoisotopic (exact) mass is 336 g/mol. The van der Waals surface area contributed by atoms with Crippen LogP contribution in [0, 0.1) is 24.0 Å². The molecule has 0 aliphatic heterocycles. The van der Waals surface area contributed by atoms with E-state index >= 15 is 0 Å². The lowest BCUT2D eigenvalue weighted by atomic mass is 10.2. The minimum Gasteiger partial charge on any atom is -0.295 e. The number of aromatic amines is 1. The number of non-ortho nitro benzene ring substituents is 1. The van der Waals surface area contributed by atoms with Crippen LogP contribution in [-0.4, -0.2) is 20.9 Å². The van der Waals surface area contributed by atoms with E-state index < -0.39 is 4.92 Å². The van der Waals surface area contributed by atoms with E-state index in [1.54, 1.807) is 6.92 Å². The predicted molar refractivity (Wildman–Crippen MR) is 96.2 cm³/mol. The van der Waals surface area contributed by atoms with Gasteiger partial charge < -0.3 is 0 Å². The van der Waals surface area contributed by atoms with Crippen LogP contribution >= 0.6 is 0 Å². The number of aromatic nitrogens is 2. The molecule has 0 unspecified atom stereocenters. The van der Waals surface area contributed by atoms with Gasteiger partial charge in [0, 0.05) is 24.0 Å². The van der Waals surface area contributed by atoms with Crippen LogP contribution in [0.5, 0.6) is 0 Å². The number of nitrogens with zero attached hydrogens (tertiary/aromatic N) is 3. The van der Waals surface area contributed by atoms with E-state index in [1.165, 1.54) is 35.2 Å². The molecule has 0 aliphatic rings. The van der Waals surface area contributed by atoms with E-state index in [2.05, 4.69) is 10.1 Å². The molecule has 2 aromatic carbocycles. The van der Waals surface area contributed by atoms with E-state index in [-0.39, 0.29) is 11.2 Å². The molecule has 0 fully saturated rings. The van der Waals surface area contributed by atoms with Crippen molar-refractivity contribution < 1.29 is 4.92 Å². The first kappa shape index (κ1) is 16.4. The summed E-state index contributed by atoms with van der Waals surface area (Å²) in [4.78, 5) is 27.1. The summed E-state index contributed by atoms with van der Waals surface area (Å²) >= 11 is 0. The summed E-state index contributed by atoms with van der Waals surface area (Å²) in [6.07, 6.45) is 1.47. The summed E-state index contributed by atoms with van der Waals surface area (Å²) in [7, 11) is 0. The van der Waals surface area contributed by atoms with Gasteiger partial charge in [-0.2, -0.15) is 0 Å². The summed E-state index contributed by atoms with van der Waals surface area (Å²) in [5, 5.41) is 13.7. The molecule has 7 heteroatoms. The van der Waals surface area contributed by atoms with Crippen molar-refractivity contribution >= 4 is 17.6 Å². The van der Waals surface area contributed by atoms with Gasteiger partial charge in [-0.3, -0.25) is 25.0 Å². The largest absolute Gasteiger partial charge is 0.295 e.